The average molecular weight is 287 g/mol. The van der Waals surface area contributed by atoms with Crippen LogP contribution in [0.2, 0.25) is 5.02 Å². The SMILES string of the molecule is Clc1c(-c2nc(C3CC3)cs2)cnc2ccccc12. The molecule has 1 aromatic carbocycles. The van der Waals surface area contributed by atoms with Crippen LogP contribution in [-0.2, 0) is 0 Å². The largest absolute Gasteiger partial charge is 0.255 e. The summed E-state index contributed by atoms with van der Waals surface area (Å²) >= 11 is 8.17. The zero-order valence-electron chi connectivity index (χ0n) is 10.1. The third-order valence-corrected chi connectivity index (χ3v) is 4.76. The lowest BCUT2D eigenvalue weighted by Crippen LogP contribution is -1.86. The highest BCUT2D eigenvalue weighted by Gasteiger charge is 2.26. The molecule has 0 spiro atoms. The van der Waals surface area contributed by atoms with E-state index >= 15 is 0 Å². The van der Waals surface area contributed by atoms with E-state index < -0.39 is 0 Å². The molecule has 0 aliphatic heterocycles. The van der Waals surface area contributed by atoms with Crippen LogP contribution in [0, 0.1) is 0 Å². The number of rotatable bonds is 2. The second kappa shape index (κ2) is 4.29. The molecular weight excluding hydrogens is 276 g/mol. The molecular formula is C15H11ClN2S. The van der Waals surface area contributed by atoms with Crippen LogP contribution in [0.3, 0.4) is 0 Å². The van der Waals surface area contributed by atoms with Gasteiger partial charge in [0.15, 0.2) is 0 Å². The number of halogens is 1. The Morgan fingerprint density at radius 2 is 2.05 bits per heavy atom. The van der Waals surface area contributed by atoms with Crippen molar-refractivity contribution in [1.29, 1.82) is 0 Å². The molecule has 0 N–H and O–H groups in total. The average Bonchev–Trinajstić information content (AvgIpc) is 3.18. The molecule has 3 aromatic rings. The van der Waals surface area contributed by atoms with Crippen LogP contribution in [0.15, 0.2) is 35.8 Å². The number of fused-ring (bicyclic) bond motifs is 1. The van der Waals surface area contributed by atoms with E-state index in [2.05, 4.69) is 10.4 Å². The Morgan fingerprint density at radius 3 is 2.89 bits per heavy atom. The first-order valence-corrected chi connectivity index (χ1v) is 7.58. The van der Waals surface area contributed by atoms with Crippen LogP contribution >= 0.6 is 22.9 Å². The monoisotopic (exact) mass is 286 g/mol. The van der Waals surface area contributed by atoms with Crippen LogP contribution in [0.4, 0.5) is 0 Å². The summed E-state index contributed by atoms with van der Waals surface area (Å²) in [5.74, 6) is 0.678. The van der Waals surface area contributed by atoms with Gasteiger partial charge in [-0.15, -0.1) is 11.3 Å². The molecule has 0 bridgehead atoms. The quantitative estimate of drug-likeness (QED) is 0.670. The zero-order valence-corrected chi connectivity index (χ0v) is 11.7. The lowest BCUT2D eigenvalue weighted by molar-refractivity contribution is 1.05. The van der Waals surface area contributed by atoms with E-state index in [4.69, 9.17) is 16.6 Å². The predicted octanol–water partition coefficient (Wildman–Crippen LogP) is 4.89. The number of benzene rings is 1. The smallest absolute Gasteiger partial charge is 0.126 e. The molecule has 2 heterocycles. The van der Waals surface area contributed by atoms with Gasteiger partial charge in [-0.3, -0.25) is 4.98 Å². The summed E-state index contributed by atoms with van der Waals surface area (Å²) < 4.78 is 0. The van der Waals surface area contributed by atoms with Gasteiger partial charge in [0, 0.05) is 28.4 Å². The summed E-state index contributed by atoms with van der Waals surface area (Å²) in [7, 11) is 0. The van der Waals surface area contributed by atoms with Crippen molar-refractivity contribution in [3.05, 3.63) is 46.6 Å². The zero-order chi connectivity index (χ0) is 12.8. The Morgan fingerprint density at radius 1 is 1.21 bits per heavy atom. The molecule has 4 rings (SSSR count). The summed E-state index contributed by atoms with van der Waals surface area (Å²) in [5, 5.41) is 4.87. The molecule has 1 fully saturated rings. The molecule has 0 saturated heterocycles. The summed E-state index contributed by atoms with van der Waals surface area (Å²) in [6.07, 6.45) is 4.37. The minimum absolute atomic E-state index is 0.678. The van der Waals surface area contributed by atoms with Gasteiger partial charge < -0.3 is 0 Å². The van der Waals surface area contributed by atoms with Crippen molar-refractivity contribution in [3.63, 3.8) is 0 Å². The fraction of sp³-hybridized carbons (Fsp3) is 0.200. The third-order valence-electron chi connectivity index (χ3n) is 3.46. The topological polar surface area (TPSA) is 25.8 Å². The molecule has 1 saturated carbocycles. The van der Waals surface area contributed by atoms with E-state index in [0.717, 1.165) is 26.5 Å². The number of thiazole rings is 1. The highest BCUT2D eigenvalue weighted by molar-refractivity contribution is 7.13. The van der Waals surface area contributed by atoms with Gasteiger partial charge >= 0.3 is 0 Å². The third kappa shape index (κ3) is 1.94. The number of aromatic nitrogens is 2. The lowest BCUT2D eigenvalue weighted by atomic mass is 10.1. The normalized spacial score (nSPS) is 15.0. The lowest BCUT2D eigenvalue weighted by Gasteiger charge is -2.04. The highest BCUT2D eigenvalue weighted by Crippen LogP contribution is 2.42. The minimum Gasteiger partial charge on any atom is -0.255 e. The molecule has 1 aliphatic rings. The standard InChI is InChI=1S/C15H11ClN2S/c16-14-10-3-1-2-4-12(10)17-7-11(14)15-18-13(8-19-15)9-5-6-9/h1-4,7-9H,5-6H2. The molecule has 19 heavy (non-hydrogen) atoms. The van der Waals surface area contributed by atoms with Crippen LogP contribution in [0.5, 0.6) is 0 Å². The van der Waals surface area contributed by atoms with Gasteiger partial charge in [-0.05, 0) is 18.9 Å². The van der Waals surface area contributed by atoms with Crippen molar-refractivity contribution in [2.75, 3.05) is 0 Å². The molecule has 1 aliphatic carbocycles. The van der Waals surface area contributed by atoms with E-state index in [9.17, 15) is 0 Å². The van der Waals surface area contributed by atoms with Crippen LogP contribution in [-0.4, -0.2) is 9.97 Å². The van der Waals surface area contributed by atoms with Gasteiger partial charge in [0.1, 0.15) is 5.01 Å². The van der Waals surface area contributed by atoms with Crippen molar-refractivity contribution in [2.24, 2.45) is 0 Å². The Bertz CT molecular complexity index is 762. The van der Waals surface area contributed by atoms with Crippen molar-refractivity contribution in [1.82, 2.24) is 9.97 Å². The molecule has 0 amide bonds. The Hall–Kier alpha value is -1.45. The second-order valence-electron chi connectivity index (χ2n) is 4.85. The highest BCUT2D eigenvalue weighted by atomic mass is 35.5. The maximum absolute atomic E-state index is 6.51. The van der Waals surface area contributed by atoms with Gasteiger partial charge in [0.05, 0.1) is 16.2 Å². The van der Waals surface area contributed by atoms with E-state index in [1.807, 2.05) is 30.5 Å². The molecule has 0 unspecified atom stereocenters. The van der Waals surface area contributed by atoms with Gasteiger partial charge in [-0.25, -0.2) is 4.98 Å². The van der Waals surface area contributed by atoms with Crippen molar-refractivity contribution >= 4 is 33.8 Å². The first-order chi connectivity index (χ1) is 9.33. The Labute approximate surface area is 120 Å². The van der Waals surface area contributed by atoms with Crippen LogP contribution in [0.25, 0.3) is 21.5 Å². The Balaban J connectivity index is 1.87. The number of pyridine rings is 1. The van der Waals surface area contributed by atoms with E-state index in [0.29, 0.717) is 5.92 Å². The summed E-state index contributed by atoms with van der Waals surface area (Å²) in [6, 6.07) is 7.93. The fourth-order valence-electron chi connectivity index (χ4n) is 2.23. The minimum atomic E-state index is 0.678. The van der Waals surface area contributed by atoms with Crippen molar-refractivity contribution in [2.45, 2.75) is 18.8 Å². The van der Waals surface area contributed by atoms with Crippen molar-refractivity contribution in [3.8, 4) is 10.6 Å². The molecule has 4 heteroatoms. The number of para-hydroxylation sites is 1. The van der Waals surface area contributed by atoms with Crippen molar-refractivity contribution < 1.29 is 0 Å². The van der Waals surface area contributed by atoms with Gasteiger partial charge in [-0.2, -0.15) is 0 Å². The molecule has 2 aromatic heterocycles. The molecule has 2 nitrogen and oxygen atoms in total. The summed E-state index contributed by atoms with van der Waals surface area (Å²) in [5.41, 5.74) is 3.08. The first-order valence-electron chi connectivity index (χ1n) is 6.32. The van der Waals surface area contributed by atoms with E-state index in [1.165, 1.54) is 18.5 Å². The first kappa shape index (κ1) is 11.4. The van der Waals surface area contributed by atoms with Gasteiger partial charge in [0.2, 0.25) is 0 Å². The maximum atomic E-state index is 6.51. The summed E-state index contributed by atoms with van der Waals surface area (Å²) in [4.78, 5) is 9.17. The maximum Gasteiger partial charge on any atom is 0.126 e. The van der Waals surface area contributed by atoms with E-state index in [-0.39, 0.29) is 0 Å². The molecule has 94 valence electrons. The summed E-state index contributed by atoms with van der Waals surface area (Å²) in [6.45, 7) is 0. The predicted molar refractivity (Wildman–Crippen MR) is 79.8 cm³/mol. The second-order valence-corrected chi connectivity index (χ2v) is 6.09. The molecule has 0 radical (unpaired) electrons. The van der Waals surface area contributed by atoms with Gasteiger partial charge in [0.25, 0.3) is 0 Å². The molecule has 0 atom stereocenters. The van der Waals surface area contributed by atoms with Gasteiger partial charge in [-0.1, -0.05) is 29.8 Å². The Kier molecular flexibility index (Phi) is 2.57. The van der Waals surface area contributed by atoms with Crippen LogP contribution < -0.4 is 0 Å². The number of hydrogen-bond donors (Lipinski definition) is 0. The number of nitrogens with zero attached hydrogens (tertiary/aromatic N) is 2. The van der Waals surface area contributed by atoms with Crippen LogP contribution in [0.1, 0.15) is 24.5 Å². The van der Waals surface area contributed by atoms with E-state index in [1.54, 1.807) is 11.3 Å². The fourth-order valence-corrected chi connectivity index (χ4v) is 3.50. The number of hydrogen-bond acceptors (Lipinski definition) is 3.